The number of hydrogen-bond acceptors (Lipinski definition) is 3. The molecule has 1 aromatic rings. The normalized spacial score (nSPS) is 25.9. The molecule has 2 aliphatic rings. The van der Waals surface area contributed by atoms with E-state index in [4.69, 9.17) is 10.5 Å². The predicted molar refractivity (Wildman–Crippen MR) is 74.3 cm³/mol. The molecule has 19 heavy (non-hydrogen) atoms. The molecule has 3 rings (SSSR count). The maximum atomic E-state index is 12.6. The zero-order valence-electron chi connectivity index (χ0n) is 11.3. The third-order valence-corrected chi connectivity index (χ3v) is 4.07. The van der Waals surface area contributed by atoms with Crippen LogP contribution in [0, 0.1) is 12.8 Å². The molecule has 0 spiro atoms. The van der Waals surface area contributed by atoms with Gasteiger partial charge in [-0.1, -0.05) is 6.07 Å². The van der Waals surface area contributed by atoms with Crippen molar-refractivity contribution in [1.82, 2.24) is 0 Å². The van der Waals surface area contributed by atoms with Crippen molar-refractivity contribution >= 4 is 11.6 Å². The minimum Gasteiger partial charge on any atom is -0.490 e. The molecule has 1 fully saturated rings. The molecule has 2 N–H and O–H groups in total. The van der Waals surface area contributed by atoms with E-state index in [9.17, 15) is 4.79 Å². The standard InChI is InChI=1S/C15H20N2O2/c1-10-2-5-13-14(8-10)19-7-6-17(13)15(18)11-3-4-12(16)9-11/h2,5,8,11-12H,3-4,6-7,9,16H2,1H3/t11-,12-/m0/s1. The molecule has 2 atom stereocenters. The summed E-state index contributed by atoms with van der Waals surface area (Å²) < 4.78 is 5.65. The maximum absolute atomic E-state index is 12.6. The Bertz CT molecular complexity index is 501. The number of fused-ring (bicyclic) bond motifs is 1. The zero-order valence-corrected chi connectivity index (χ0v) is 11.3. The molecular weight excluding hydrogens is 240 g/mol. The first kappa shape index (κ1) is 12.5. The van der Waals surface area contributed by atoms with E-state index in [0.29, 0.717) is 13.2 Å². The van der Waals surface area contributed by atoms with Gasteiger partial charge in [0, 0.05) is 12.0 Å². The van der Waals surface area contributed by atoms with Gasteiger partial charge in [0.2, 0.25) is 5.91 Å². The number of benzene rings is 1. The van der Waals surface area contributed by atoms with Gasteiger partial charge in [0.25, 0.3) is 0 Å². The van der Waals surface area contributed by atoms with Crippen molar-refractivity contribution in [3.8, 4) is 5.75 Å². The number of carbonyl (C=O) groups is 1. The van der Waals surface area contributed by atoms with Crippen LogP contribution in [0.4, 0.5) is 5.69 Å². The molecule has 1 heterocycles. The molecule has 0 radical (unpaired) electrons. The topological polar surface area (TPSA) is 55.6 Å². The van der Waals surface area contributed by atoms with Crippen molar-refractivity contribution in [2.24, 2.45) is 11.7 Å². The van der Waals surface area contributed by atoms with E-state index in [0.717, 1.165) is 36.3 Å². The Kier molecular flexibility index (Phi) is 3.19. The number of carbonyl (C=O) groups excluding carboxylic acids is 1. The van der Waals surface area contributed by atoms with E-state index in [2.05, 4.69) is 0 Å². The molecule has 1 saturated carbocycles. The van der Waals surface area contributed by atoms with Gasteiger partial charge in [-0.25, -0.2) is 0 Å². The van der Waals surface area contributed by atoms with Crippen molar-refractivity contribution in [2.45, 2.75) is 32.2 Å². The van der Waals surface area contributed by atoms with Crippen LogP contribution in [-0.4, -0.2) is 25.1 Å². The first-order chi connectivity index (χ1) is 9.15. The van der Waals surface area contributed by atoms with Gasteiger partial charge in [0.05, 0.1) is 12.2 Å². The number of nitrogens with zero attached hydrogens (tertiary/aromatic N) is 1. The average Bonchev–Trinajstić information content (AvgIpc) is 2.83. The lowest BCUT2D eigenvalue weighted by molar-refractivity contribution is -0.122. The Morgan fingerprint density at radius 3 is 3.00 bits per heavy atom. The fourth-order valence-corrected chi connectivity index (χ4v) is 3.02. The summed E-state index contributed by atoms with van der Waals surface area (Å²) in [5, 5.41) is 0. The summed E-state index contributed by atoms with van der Waals surface area (Å²) >= 11 is 0. The minimum atomic E-state index is 0.0854. The Labute approximate surface area is 113 Å². The predicted octanol–water partition coefficient (Wildman–Crippen LogP) is 1.85. The highest BCUT2D eigenvalue weighted by Gasteiger charge is 2.33. The molecule has 102 valence electrons. The summed E-state index contributed by atoms with van der Waals surface area (Å²) in [4.78, 5) is 14.5. The number of ether oxygens (including phenoxy) is 1. The van der Waals surface area contributed by atoms with Gasteiger partial charge in [-0.05, 0) is 43.9 Å². The minimum absolute atomic E-state index is 0.0854. The van der Waals surface area contributed by atoms with Crippen LogP contribution in [0.1, 0.15) is 24.8 Å². The summed E-state index contributed by atoms with van der Waals surface area (Å²) in [5.74, 6) is 1.12. The number of aryl methyl sites for hydroxylation is 1. The maximum Gasteiger partial charge on any atom is 0.230 e. The molecule has 0 aromatic heterocycles. The van der Waals surface area contributed by atoms with Gasteiger partial charge in [-0.3, -0.25) is 4.79 Å². The highest BCUT2D eigenvalue weighted by Crippen LogP contribution is 2.35. The molecule has 0 bridgehead atoms. The second-order valence-electron chi connectivity index (χ2n) is 5.58. The van der Waals surface area contributed by atoms with Crippen LogP contribution < -0.4 is 15.4 Å². The number of anilines is 1. The van der Waals surface area contributed by atoms with Crippen LogP contribution in [0.3, 0.4) is 0 Å². The largest absolute Gasteiger partial charge is 0.490 e. The van der Waals surface area contributed by atoms with Crippen LogP contribution in [-0.2, 0) is 4.79 Å². The molecular formula is C15H20N2O2. The second-order valence-corrected chi connectivity index (χ2v) is 5.58. The second kappa shape index (κ2) is 4.85. The molecule has 1 amide bonds. The Balaban J connectivity index is 1.85. The highest BCUT2D eigenvalue weighted by molar-refractivity contribution is 5.97. The SMILES string of the molecule is Cc1ccc2c(c1)OCCN2C(=O)[C@H]1CC[C@H](N)C1. The summed E-state index contributed by atoms with van der Waals surface area (Å²) in [6.45, 7) is 3.24. The van der Waals surface area contributed by atoms with Gasteiger partial charge in [-0.15, -0.1) is 0 Å². The zero-order chi connectivity index (χ0) is 13.4. The Morgan fingerprint density at radius 2 is 2.26 bits per heavy atom. The Hall–Kier alpha value is -1.55. The van der Waals surface area contributed by atoms with Gasteiger partial charge in [-0.2, -0.15) is 0 Å². The van der Waals surface area contributed by atoms with Gasteiger partial charge in [0.15, 0.2) is 0 Å². The molecule has 1 aliphatic carbocycles. The van der Waals surface area contributed by atoms with Crippen LogP contribution in [0.5, 0.6) is 5.75 Å². The van der Waals surface area contributed by atoms with Crippen LogP contribution in [0.15, 0.2) is 18.2 Å². The number of nitrogens with two attached hydrogens (primary N) is 1. The highest BCUT2D eigenvalue weighted by atomic mass is 16.5. The lowest BCUT2D eigenvalue weighted by Gasteiger charge is -2.31. The first-order valence-corrected chi connectivity index (χ1v) is 6.95. The summed E-state index contributed by atoms with van der Waals surface area (Å²) in [6, 6.07) is 6.19. The third-order valence-electron chi connectivity index (χ3n) is 4.07. The van der Waals surface area contributed by atoms with Crippen molar-refractivity contribution in [3.63, 3.8) is 0 Å². The molecule has 0 saturated heterocycles. The van der Waals surface area contributed by atoms with E-state index in [1.807, 2.05) is 30.0 Å². The first-order valence-electron chi connectivity index (χ1n) is 6.95. The lowest BCUT2D eigenvalue weighted by Crippen LogP contribution is -2.41. The number of rotatable bonds is 1. The summed E-state index contributed by atoms with van der Waals surface area (Å²) in [7, 11) is 0. The van der Waals surface area contributed by atoms with Crippen molar-refractivity contribution in [2.75, 3.05) is 18.1 Å². The van der Waals surface area contributed by atoms with Crippen LogP contribution in [0.2, 0.25) is 0 Å². The fourth-order valence-electron chi connectivity index (χ4n) is 3.02. The molecule has 1 aromatic carbocycles. The Morgan fingerprint density at radius 1 is 1.42 bits per heavy atom. The molecule has 1 aliphatic heterocycles. The van der Waals surface area contributed by atoms with Crippen molar-refractivity contribution in [3.05, 3.63) is 23.8 Å². The average molecular weight is 260 g/mol. The smallest absolute Gasteiger partial charge is 0.230 e. The van der Waals surface area contributed by atoms with E-state index in [-0.39, 0.29) is 17.9 Å². The van der Waals surface area contributed by atoms with Crippen LogP contribution in [0.25, 0.3) is 0 Å². The van der Waals surface area contributed by atoms with Crippen molar-refractivity contribution in [1.29, 1.82) is 0 Å². The van der Waals surface area contributed by atoms with E-state index in [1.165, 1.54) is 0 Å². The lowest BCUT2D eigenvalue weighted by atomic mass is 10.0. The van der Waals surface area contributed by atoms with Gasteiger partial charge in [0.1, 0.15) is 12.4 Å². The quantitative estimate of drug-likeness (QED) is 0.838. The van der Waals surface area contributed by atoms with E-state index >= 15 is 0 Å². The monoisotopic (exact) mass is 260 g/mol. The van der Waals surface area contributed by atoms with Gasteiger partial charge < -0.3 is 15.4 Å². The summed E-state index contributed by atoms with van der Waals surface area (Å²) in [5.41, 5.74) is 7.97. The molecule has 4 heteroatoms. The van der Waals surface area contributed by atoms with Crippen molar-refractivity contribution < 1.29 is 9.53 Å². The third kappa shape index (κ3) is 2.32. The van der Waals surface area contributed by atoms with E-state index < -0.39 is 0 Å². The van der Waals surface area contributed by atoms with Crippen LogP contribution >= 0.6 is 0 Å². The number of hydrogen-bond donors (Lipinski definition) is 1. The number of amides is 1. The fraction of sp³-hybridized carbons (Fsp3) is 0.533. The van der Waals surface area contributed by atoms with Gasteiger partial charge >= 0.3 is 0 Å². The molecule has 4 nitrogen and oxygen atoms in total. The van der Waals surface area contributed by atoms with E-state index in [1.54, 1.807) is 0 Å². The molecule has 0 unspecified atom stereocenters. The summed E-state index contributed by atoms with van der Waals surface area (Å²) in [6.07, 6.45) is 2.69.